The molecule has 5 rings (SSSR count). The molecular weight excluding hydrogens is 438 g/mol. The predicted octanol–water partition coefficient (Wildman–Crippen LogP) is 6.18. The van der Waals surface area contributed by atoms with Gasteiger partial charge in [-0.3, -0.25) is 9.36 Å². The fourth-order valence-corrected chi connectivity index (χ4v) is 5.00. The Balaban J connectivity index is 1.44. The van der Waals surface area contributed by atoms with Crippen molar-refractivity contribution in [1.82, 2.24) is 9.55 Å². The first-order chi connectivity index (χ1) is 15.6. The number of para-hydroxylation sites is 1. The lowest BCUT2D eigenvalue weighted by atomic mass is 10.1. The zero-order chi connectivity index (χ0) is 22.1. The summed E-state index contributed by atoms with van der Waals surface area (Å²) >= 11 is 7.59. The van der Waals surface area contributed by atoms with Crippen molar-refractivity contribution in [1.29, 1.82) is 0 Å². The Kier molecular flexibility index (Phi) is 5.77. The molecular formula is C26H22ClN3OS. The van der Waals surface area contributed by atoms with Crippen LogP contribution in [0, 0.1) is 6.92 Å². The summed E-state index contributed by atoms with van der Waals surface area (Å²) in [5, 5.41) is 1.46. The van der Waals surface area contributed by atoms with Crippen LogP contribution in [-0.2, 0) is 11.2 Å². The van der Waals surface area contributed by atoms with Crippen LogP contribution in [0.1, 0.15) is 11.1 Å². The maximum atomic E-state index is 13.0. The molecule has 0 radical (unpaired) electrons. The highest BCUT2D eigenvalue weighted by Crippen LogP contribution is 2.32. The number of carbonyl (C=O) groups is 1. The standard InChI is InChI=1S/C26H22ClN3OS/c1-18-6-8-20(9-7-18)24-16-28-26(30(24)22-12-10-21(27)11-13-22)32-17-25(31)29-15-14-19-4-2-3-5-23(19)29/h2-13,16H,14-15,17H2,1H3. The monoisotopic (exact) mass is 459 g/mol. The van der Waals surface area contributed by atoms with Crippen molar-refractivity contribution in [2.75, 3.05) is 17.2 Å². The lowest BCUT2D eigenvalue weighted by molar-refractivity contribution is -0.116. The molecule has 0 fully saturated rings. The molecule has 0 unspecified atom stereocenters. The molecule has 1 aliphatic rings. The lowest BCUT2D eigenvalue weighted by Crippen LogP contribution is -2.30. The highest BCUT2D eigenvalue weighted by molar-refractivity contribution is 7.99. The summed E-state index contributed by atoms with van der Waals surface area (Å²) in [5.74, 6) is 0.425. The molecule has 4 nitrogen and oxygen atoms in total. The predicted molar refractivity (Wildman–Crippen MR) is 132 cm³/mol. The molecule has 0 N–H and O–H groups in total. The third-order valence-corrected chi connectivity index (χ3v) is 6.86. The van der Waals surface area contributed by atoms with Crippen molar-refractivity contribution in [3.63, 3.8) is 0 Å². The van der Waals surface area contributed by atoms with Gasteiger partial charge in [-0.15, -0.1) is 0 Å². The first-order valence-corrected chi connectivity index (χ1v) is 11.9. The zero-order valence-electron chi connectivity index (χ0n) is 17.7. The highest BCUT2D eigenvalue weighted by Gasteiger charge is 2.25. The van der Waals surface area contributed by atoms with Gasteiger partial charge < -0.3 is 4.90 Å². The van der Waals surface area contributed by atoms with Crippen LogP contribution in [0.3, 0.4) is 0 Å². The molecule has 2 heterocycles. The van der Waals surface area contributed by atoms with Gasteiger partial charge in [-0.2, -0.15) is 0 Å². The second-order valence-electron chi connectivity index (χ2n) is 7.82. The first kappa shape index (κ1) is 20.9. The summed E-state index contributed by atoms with van der Waals surface area (Å²) < 4.78 is 2.09. The number of carbonyl (C=O) groups excluding carboxylic acids is 1. The number of hydrogen-bond acceptors (Lipinski definition) is 3. The third-order valence-electron chi connectivity index (χ3n) is 5.67. The Labute approximate surface area is 196 Å². The van der Waals surface area contributed by atoms with Crippen LogP contribution in [0.5, 0.6) is 0 Å². The van der Waals surface area contributed by atoms with E-state index >= 15 is 0 Å². The Morgan fingerprint density at radius 1 is 1.03 bits per heavy atom. The number of amides is 1. The molecule has 1 amide bonds. The van der Waals surface area contributed by atoms with Gasteiger partial charge in [0.15, 0.2) is 5.16 Å². The van der Waals surface area contributed by atoms with Crippen molar-refractivity contribution in [3.05, 3.63) is 95.1 Å². The largest absolute Gasteiger partial charge is 0.311 e. The van der Waals surface area contributed by atoms with Crippen LogP contribution in [0.2, 0.25) is 5.02 Å². The molecule has 160 valence electrons. The number of imidazole rings is 1. The van der Waals surface area contributed by atoms with E-state index in [0.29, 0.717) is 10.8 Å². The van der Waals surface area contributed by atoms with Crippen LogP contribution in [-0.4, -0.2) is 27.8 Å². The van der Waals surface area contributed by atoms with Crippen molar-refractivity contribution < 1.29 is 4.79 Å². The normalized spacial score (nSPS) is 12.8. The van der Waals surface area contributed by atoms with Crippen LogP contribution in [0.15, 0.2) is 84.1 Å². The molecule has 4 aromatic rings. The molecule has 0 atom stereocenters. The number of rotatable bonds is 5. The fourth-order valence-electron chi connectivity index (χ4n) is 4.01. The van der Waals surface area contributed by atoms with E-state index in [4.69, 9.17) is 11.6 Å². The minimum absolute atomic E-state index is 0.0995. The average Bonchev–Trinajstić information content (AvgIpc) is 3.43. The van der Waals surface area contributed by atoms with E-state index in [2.05, 4.69) is 46.8 Å². The Morgan fingerprint density at radius 3 is 2.56 bits per heavy atom. The van der Waals surface area contributed by atoms with E-state index in [0.717, 1.165) is 40.8 Å². The summed E-state index contributed by atoms with van der Waals surface area (Å²) in [5.41, 5.74) is 6.48. The number of thioether (sulfide) groups is 1. The van der Waals surface area contributed by atoms with Gasteiger partial charge in [0, 0.05) is 28.5 Å². The molecule has 6 heteroatoms. The molecule has 32 heavy (non-hydrogen) atoms. The number of fused-ring (bicyclic) bond motifs is 1. The van der Waals surface area contributed by atoms with Gasteiger partial charge in [0.1, 0.15) is 0 Å². The fraction of sp³-hybridized carbons (Fsp3) is 0.154. The number of benzene rings is 3. The maximum Gasteiger partial charge on any atom is 0.237 e. The number of anilines is 1. The van der Waals surface area contributed by atoms with Gasteiger partial charge in [-0.1, -0.05) is 71.4 Å². The van der Waals surface area contributed by atoms with Gasteiger partial charge in [0.2, 0.25) is 5.91 Å². The number of hydrogen-bond donors (Lipinski definition) is 0. The summed E-state index contributed by atoms with van der Waals surface area (Å²) in [6.07, 6.45) is 2.78. The Morgan fingerprint density at radius 2 is 1.78 bits per heavy atom. The van der Waals surface area contributed by atoms with Crippen molar-refractivity contribution in [3.8, 4) is 16.9 Å². The summed E-state index contributed by atoms with van der Waals surface area (Å²) in [6.45, 7) is 2.81. The molecule has 0 bridgehead atoms. The number of aromatic nitrogens is 2. The minimum atomic E-state index is 0.0995. The SMILES string of the molecule is Cc1ccc(-c2cnc(SCC(=O)N3CCc4ccccc43)n2-c2ccc(Cl)cc2)cc1. The molecule has 1 aromatic heterocycles. The van der Waals surface area contributed by atoms with E-state index in [-0.39, 0.29) is 5.91 Å². The zero-order valence-corrected chi connectivity index (χ0v) is 19.2. The summed E-state index contributed by atoms with van der Waals surface area (Å²) in [7, 11) is 0. The smallest absolute Gasteiger partial charge is 0.237 e. The number of halogens is 1. The molecule has 3 aromatic carbocycles. The first-order valence-electron chi connectivity index (χ1n) is 10.5. The van der Waals surface area contributed by atoms with Crippen LogP contribution >= 0.6 is 23.4 Å². The molecule has 0 saturated heterocycles. The molecule has 0 spiro atoms. The van der Waals surface area contributed by atoms with E-state index in [1.807, 2.05) is 53.6 Å². The van der Waals surface area contributed by atoms with Crippen molar-refractivity contribution in [2.45, 2.75) is 18.5 Å². The van der Waals surface area contributed by atoms with E-state index in [9.17, 15) is 4.79 Å². The van der Waals surface area contributed by atoms with Crippen LogP contribution in [0.4, 0.5) is 5.69 Å². The Hall–Kier alpha value is -3.02. The summed E-state index contributed by atoms with van der Waals surface area (Å²) in [6, 6.07) is 24.2. The average molecular weight is 460 g/mol. The van der Waals surface area contributed by atoms with E-state index < -0.39 is 0 Å². The van der Waals surface area contributed by atoms with Gasteiger partial charge in [-0.25, -0.2) is 4.98 Å². The summed E-state index contributed by atoms with van der Waals surface area (Å²) in [4.78, 5) is 19.6. The van der Waals surface area contributed by atoms with E-state index in [1.165, 1.54) is 22.9 Å². The second kappa shape index (κ2) is 8.85. The van der Waals surface area contributed by atoms with E-state index in [1.54, 1.807) is 0 Å². The van der Waals surface area contributed by atoms with Gasteiger partial charge in [0.25, 0.3) is 0 Å². The molecule has 1 aliphatic heterocycles. The van der Waals surface area contributed by atoms with Gasteiger partial charge in [-0.05, 0) is 49.2 Å². The quantitative estimate of drug-likeness (QED) is 0.334. The minimum Gasteiger partial charge on any atom is -0.311 e. The molecule has 0 aliphatic carbocycles. The van der Waals surface area contributed by atoms with Crippen molar-refractivity contribution in [2.24, 2.45) is 0 Å². The lowest BCUT2D eigenvalue weighted by Gasteiger charge is -2.17. The number of aryl methyl sites for hydroxylation is 1. The second-order valence-corrected chi connectivity index (χ2v) is 9.20. The third kappa shape index (κ3) is 4.06. The van der Waals surface area contributed by atoms with Gasteiger partial charge in [0.05, 0.1) is 17.6 Å². The maximum absolute atomic E-state index is 13.0. The topological polar surface area (TPSA) is 38.1 Å². The van der Waals surface area contributed by atoms with Crippen LogP contribution < -0.4 is 4.90 Å². The van der Waals surface area contributed by atoms with Crippen LogP contribution in [0.25, 0.3) is 16.9 Å². The van der Waals surface area contributed by atoms with Crippen molar-refractivity contribution >= 4 is 35.0 Å². The highest BCUT2D eigenvalue weighted by atomic mass is 35.5. The molecule has 0 saturated carbocycles. The Bertz CT molecular complexity index is 1270. The number of nitrogens with zero attached hydrogens (tertiary/aromatic N) is 3. The van der Waals surface area contributed by atoms with Gasteiger partial charge >= 0.3 is 0 Å².